The third kappa shape index (κ3) is 1.46. The number of aliphatic hydroxyl groups is 2. The maximum Gasteiger partial charge on any atom is 0.141 e. The maximum atomic E-state index is 13.7. The molecule has 0 aromatic rings. The number of alkyl halides is 1. The van der Waals surface area contributed by atoms with Crippen molar-refractivity contribution in [1.82, 2.24) is 0 Å². The molecule has 3 nitrogen and oxygen atoms in total. The summed E-state index contributed by atoms with van der Waals surface area (Å²) in [6.45, 7) is 2.92. The van der Waals surface area contributed by atoms with E-state index >= 15 is 0 Å². The van der Waals surface area contributed by atoms with E-state index in [9.17, 15) is 9.50 Å². The number of aliphatic hydroxyl groups excluding tert-OH is 2. The Balaban J connectivity index is 2.71. The molecule has 1 saturated heterocycles. The molecule has 72 valence electrons. The van der Waals surface area contributed by atoms with E-state index < -0.39 is 17.9 Å². The fourth-order valence-electron chi connectivity index (χ4n) is 1.33. The van der Waals surface area contributed by atoms with Gasteiger partial charge in [0.05, 0.1) is 13.2 Å². The van der Waals surface area contributed by atoms with Crippen molar-refractivity contribution < 1.29 is 19.3 Å². The zero-order valence-corrected chi connectivity index (χ0v) is 7.33. The van der Waals surface area contributed by atoms with Crippen LogP contribution in [0.3, 0.4) is 0 Å². The Kier molecular flexibility index (Phi) is 2.70. The first kappa shape index (κ1) is 9.89. The van der Waals surface area contributed by atoms with E-state index in [-0.39, 0.29) is 19.1 Å². The Morgan fingerprint density at radius 3 is 2.75 bits per heavy atom. The van der Waals surface area contributed by atoms with Gasteiger partial charge in [-0.2, -0.15) is 0 Å². The largest absolute Gasteiger partial charge is 0.394 e. The summed E-state index contributed by atoms with van der Waals surface area (Å²) in [6.07, 6.45) is -2.01. The summed E-state index contributed by atoms with van der Waals surface area (Å²) in [5.41, 5.74) is -1.66. The first-order valence-corrected chi connectivity index (χ1v) is 4.09. The second-order valence-electron chi connectivity index (χ2n) is 3.55. The van der Waals surface area contributed by atoms with Gasteiger partial charge in [0.15, 0.2) is 0 Å². The summed E-state index contributed by atoms with van der Waals surface area (Å²) >= 11 is 0. The van der Waals surface area contributed by atoms with Crippen LogP contribution in [0, 0.1) is 5.92 Å². The highest BCUT2D eigenvalue weighted by Gasteiger charge is 2.47. The van der Waals surface area contributed by atoms with Crippen LogP contribution in [-0.2, 0) is 4.74 Å². The second kappa shape index (κ2) is 3.28. The standard InChI is InChI=1S/C8H15FO3/c1-5-4-12-6(3-10)7(11)8(5,2)9/h5-7,10-11H,3-4H2,1-2H3/t5-,6-,7?,8+/m1/s1. The van der Waals surface area contributed by atoms with Crippen LogP contribution in [-0.4, -0.2) is 41.3 Å². The Morgan fingerprint density at radius 1 is 1.67 bits per heavy atom. The average molecular weight is 178 g/mol. The molecule has 0 aromatic carbocycles. The van der Waals surface area contributed by atoms with Crippen molar-refractivity contribution in [2.45, 2.75) is 31.7 Å². The third-order valence-electron chi connectivity index (χ3n) is 2.63. The van der Waals surface area contributed by atoms with E-state index in [1.165, 1.54) is 6.92 Å². The van der Waals surface area contributed by atoms with Crippen LogP contribution in [0.15, 0.2) is 0 Å². The second-order valence-corrected chi connectivity index (χ2v) is 3.55. The number of rotatable bonds is 1. The van der Waals surface area contributed by atoms with Gasteiger partial charge in [0, 0.05) is 5.92 Å². The van der Waals surface area contributed by atoms with E-state index in [2.05, 4.69) is 0 Å². The van der Waals surface area contributed by atoms with Crippen molar-refractivity contribution in [3.05, 3.63) is 0 Å². The number of halogens is 1. The monoisotopic (exact) mass is 178 g/mol. The van der Waals surface area contributed by atoms with Gasteiger partial charge in [-0.25, -0.2) is 4.39 Å². The molecule has 1 rings (SSSR count). The number of hydrogen-bond donors (Lipinski definition) is 2. The van der Waals surface area contributed by atoms with Crippen LogP contribution in [0.2, 0.25) is 0 Å². The smallest absolute Gasteiger partial charge is 0.141 e. The Morgan fingerprint density at radius 2 is 2.25 bits per heavy atom. The molecule has 0 aliphatic carbocycles. The number of hydrogen-bond acceptors (Lipinski definition) is 3. The molecule has 4 heteroatoms. The summed E-state index contributed by atoms with van der Waals surface area (Å²) in [6, 6.07) is 0. The highest BCUT2D eigenvalue weighted by Crippen LogP contribution is 2.33. The summed E-state index contributed by atoms with van der Waals surface area (Å²) in [7, 11) is 0. The molecule has 0 radical (unpaired) electrons. The van der Waals surface area contributed by atoms with Gasteiger partial charge in [-0.05, 0) is 6.92 Å². The molecular formula is C8H15FO3. The molecule has 1 unspecified atom stereocenters. The lowest BCUT2D eigenvalue weighted by atomic mass is 9.83. The zero-order valence-electron chi connectivity index (χ0n) is 7.33. The minimum Gasteiger partial charge on any atom is -0.394 e. The van der Waals surface area contributed by atoms with Gasteiger partial charge >= 0.3 is 0 Å². The third-order valence-corrected chi connectivity index (χ3v) is 2.63. The molecule has 1 aliphatic rings. The van der Waals surface area contributed by atoms with Gasteiger partial charge in [0.1, 0.15) is 17.9 Å². The average Bonchev–Trinajstić information content (AvgIpc) is 2.02. The van der Waals surface area contributed by atoms with Crippen molar-refractivity contribution in [2.75, 3.05) is 13.2 Å². The molecule has 0 aromatic heterocycles. The van der Waals surface area contributed by atoms with Gasteiger partial charge in [-0.3, -0.25) is 0 Å². The van der Waals surface area contributed by atoms with Crippen LogP contribution >= 0.6 is 0 Å². The van der Waals surface area contributed by atoms with E-state index in [0.717, 1.165) is 0 Å². The molecule has 0 bridgehead atoms. The summed E-state index contributed by atoms with van der Waals surface area (Å²) < 4.78 is 18.7. The van der Waals surface area contributed by atoms with E-state index in [1.54, 1.807) is 6.92 Å². The SMILES string of the molecule is C[C@@H]1CO[C@H](CO)C(O)[C@@]1(C)F. The van der Waals surface area contributed by atoms with Crippen LogP contribution in [0.4, 0.5) is 4.39 Å². The summed E-state index contributed by atoms with van der Waals surface area (Å²) in [4.78, 5) is 0. The summed E-state index contributed by atoms with van der Waals surface area (Å²) in [5.74, 6) is -0.338. The topological polar surface area (TPSA) is 49.7 Å². The van der Waals surface area contributed by atoms with Crippen LogP contribution < -0.4 is 0 Å². The predicted octanol–water partition coefficient (Wildman–Crippen LogP) is 0.103. The van der Waals surface area contributed by atoms with Crippen molar-refractivity contribution in [3.63, 3.8) is 0 Å². The zero-order chi connectivity index (χ0) is 9.35. The Hall–Kier alpha value is -0.190. The first-order chi connectivity index (χ1) is 5.50. The first-order valence-electron chi connectivity index (χ1n) is 4.09. The number of ether oxygens (including phenoxy) is 1. The van der Waals surface area contributed by atoms with Crippen molar-refractivity contribution >= 4 is 0 Å². The lowest BCUT2D eigenvalue weighted by Gasteiger charge is -2.41. The molecule has 2 N–H and O–H groups in total. The van der Waals surface area contributed by atoms with Crippen LogP contribution in [0.1, 0.15) is 13.8 Å². The van der Waals surface area contributed by atoms with Crippen molar-refractivity contribution in [2.24, 2.45) is 5.92 Å². The van der Waals surface area contributed by atoms with Gasteiger partial charge in [-0.15, -0.1) is 0 Å². The van der Waals surface area contributed by atoms with Gasteiger partial charge < -0.3 is 14.9 Å². The molecule has 1 heterocycles. The molecule has 4 atom stereocenters. The molecule has 1 fully saturated rings. The molecule has 12 heavy (non-hydrogen) atoms. The van der Waals surface area contributed by atoms with Crippen molar-refractivity contribution in [1.29, 1.82) is 0 Å². The molecule has 0 spiro atoms. The van der Waals surface area contributed by atoms with Crippen molar-refractivity contribution in [3.8, 4) is 0 Å². The van der Waals surface area contributed by atoms with Gasteiger partial charge in [0.25, 0.3) is 0 Å². The highest BCUT2D eigenvalue weighted by molar-refractivity contribution is 4.95. The minimum absolute atomic E-state index is 0.245. The predicted molar refractivity (Wildman–Crippen MR) is 41.5 cm³/mol. The molecule has 0 amide bonds. The van der Waals surface area contributed by atoms with Crippen LogP contribution in [0.5, 0.6) is 0 Å². The lowest BCUT2D eigenvalue weighted by Crippen LogP contribution is -2.56. The Bertz CT molecular complexity index is 160. The fourth-order valence-corrected chi connectivity index (χ4v) is 1.33. The van der Waals surface area contributed by atoms with Gasteiger partial charge in [-0.1, -0.05) is 6.92 Å². The normalized spacial score (nSPS) is 49.2. The highest BCUT2D eigenvalue weighted by atomic mass is 19.1. The lowest BCUT2D eigenvalue weighted by molar-refractivity contribution is -0.187. The van der Waals surface area contributed by atoms with Crippen LogP contribution in [0.25, 0.3) is 0 Å². The molecular weight excluding hydrogens is 163 g/mol. The molecule has 0 saturated carbocycles. The minimum atomic E-state index is -1.66. The van der Waals surface area contributed by atoms with E-state index in [0.29, 0.717) is 0 Å². The summed E-state index contributed by atoms with van der Waals surface area (Å²) in [5, 5.41) is 18.1. The fraction of sp³-hybridized carbons (Fsp3) is 1.00. The quantitative estimate of drug-likeness (QED) is 0.599. The Labute approximate surface area is 71.2 Å². The van der Waals surface area contributed by atoms with E-state index in [4.69, 9.17) is 9.84 Å². The van der Waals surface area contributed by atoms with Gasteiger partial charge in [0.2, 0.25) is 0 Å². The maximum absolute atomic E-state index is 13.7. The molecule has 1 aliphatic heterocycles. The van der Waals surface area contributed by atoms with E-state index in [1.807, 2.05) is 0 Å².